The molecule has 3 heteroatoms. The van der Waals surface area contributed by atoms with Crippen molar-refractivity contribution in [2.45, 2.75) is 33.6 Å². The van der Waals surface area contributed by atoms with Gasteiger partial charge in [-0.25, -0.2) is 0 Å². The van der Waals surface area contributed by atoms with Crippen molar-refractivity contribution in [3.63, 3.8) is 0 Å². The van der Waals surface area contributed by atoms with Gasteiger partial charge in [-0.3, -0.25) is 0 Å². The first-order chi connectivity index (χ1) is 5.45. The van der Waals surface area contributed by atoms with Crippen LogP contribution in [-0.2, 0) is 9.59 Å². The molecule has 0 N–H and O–H groups in total. The van der Waals surface area contributed by atoms with E-state index in [9.17, 15) is 14.7 Å². The van der Waals surface area contributed by atoms with Crippen LogP contribution in [-0.4, -0.2) is 11.8 Å². The van der Waals surface area contributed by atoms with E-state index in [4.69, 9.17) is 0 Å². The van der Waals surface area contributed by atoms with Gasteiger partial charge in [0, 0.05) is 18.3 Å². The fourth-order valence-corrected chi connectivity index (χ4v) is 1.08. The van der Waals surface area contributed by atoms with Gasteiger partial charge in [0.25, 0.3) is 0 Å². The average Bonchev–Trinajstić information content (AvgIpc) is 1.84. The molecular formula is C9H15O3-. The van der Waals surface area contributed by atoms with Gasteiger partial charge in [-0.05, 0) is 19.3 Å². The van der Waals surface area contributed by atoms with Crippen LogP contribution in [0.3, 0.4) is 0 Å². The lowest BCUT2D eigenvalue weighted by Gasteiger charge is -2.20. The SMILES string of the molecule is CC(=O)CC[C@@H](C(=O)[O-])C(C)C. The van der Waals surface area contributed by atoms with Gasteiger partial charge in [-0.2, -0.15) is 0 Å². The van der Waals surface area contributed by atoms with Gasteiger partial charge >= 0.3 is 0 Å². The van der Waals surface area contributed by atoms with Crippen molar-refractivity contribution in [3.05, 3.63) is 0 Å². The van der Waals surface area contributed by atoms with Crippen molar-refractivity contribution in [2.75, 3.05) is 0 Å². The van der Waals surface area contributed by atoms with Crippen molar-refractivity contribution in [2.24, 2.45) is 11.8 Å². The molecule has 3 nitrogen and oxygen atoms in total. The average molecular weight is 171 g/mol. The zero-order valence-corrected chi connectivity index (χ0v) is 7.79. The standard InChI is InChI=1S/C9H16O3/c1-6(2)8(9(11)12)5-4-7(3)10/h6,8H,4-5H2,1-3H3,(H,11,12)/p-1/t8-/m1/s1. The molecule has 1 atom stereocenters. The highest BCUT2D eigenvalue weighted by atomic mass is 16.4. The van der Waals surface area contributed by atoms with Crippen LogP contribution in [0, 0.1) is 11.8 Å². The van der Waals surface area contributed by atoms with Gasteiger partial charge in [0.1, 0.15) is 5.78 Å². The molecule has 0 aliphatic rings. The highest BCUT2D eigenvalue weighted by Crippen LogP contribution is 2.16. The summed E-state index contributed by atoms with van der Waals surface area (Å²) >= 11 is 0. The Balaban J connectivity index is 3.97. The third-order valence-corrected chi connectivity index (χ3v) is 1.91. The van der Waals surface area contributed by atoms with Crippen LogP contribution in [0.25, 0.3) is 0 Å². The minimum absolute atomic E-state index is 0.0295. The Kier molecular flexibility index (Phi) is 4.55. The quantitative estimate of drug-likeness (QED) is 0.600. The second kappa shape index (κ2) is 4.91. The molecule has 0 aromatic carbocycles. The van der Waals surface area contributed by atoms with Crippen molar-refractivity contribution in [1.29, 1.82) is 0 Å². The number of carbonyl (C=O) groups excluding carboxylic acids is 2. The summed E-state index contributed by atoms with van der Waals surface area (Å²) in [6.07, 6.45) is 0.728. The lowest BCUT2D eigenvalue weighted by molar-refractivity contribution is -0.313. The molecule has 0 aromatic heterocycles. The number of carbonyl (C=O) groups is 2. The largest absolute Gasteiger partial charge is 0.550 e. The first kappa shape index (κ1) is 11.1. The summed E-state index contributed by atoms with van der Waals surface area (Å²) in [6, 6.07) is 0. The van der Waals surface area contributed by atoms with Crippen LogP contribution in [0.1, 0.15) is 33.6 Å². The Hall–Kier alpha value is -0.860. The molecule has 0 rings (SSSR count). The molecule has 70 valence electrons. The zero-order chi connectivity index (χ0) is 9.72. The van der Waals surface area contributed by atoms with Gasteiger partial charge < -0.3 is 14.7 Å². The van der Waals surface area contributed by atoms with E-state index in [0.29, 0.717) is 12.8 Å². The maximum absolute atomic E-state index is 10.6. The van der Waals surface area contributed by atoms with E-state index in [0.717, 1.165) is 0 Å². The molecule has 0 bridgehead atoms. The Morgan fingerprint density at radius 2 is 1.83 bits per heavy atom. The van der Waals surface area contributed by atoms with Gasteiger partial charge in [0.2, 0.25) is 0 Å². The van der Waals surface area contributed by atoms with Gasteiger partial charge in [0.05, 0.1) is 0 Å². The summed E-state index contributed by atoms with van der Waals surface area (Å²) in [7, 11) is 0. The van der Waals surface area contributed by atoms with E-state index in [-0.39, 0.29) is 11.7 Å². The Bertz CT molecular complexity index is 173. The summed E-state index contributed by atoms with van der Waals surface area (Å²) in [5.41, 5.74) is 0. The summed E-state index contributed by atoms with van der Waals surface area (Å²) in [6.45, 7) is 5.11. The Morgan fingerprint density at radius 1 is 1.33 bits per heavy atom. The van der Waals surface area contributed by atoms with Crippen molar-refractivity contribution >= 4 is 11.8 Å². The maximum atomic E-state index is 10.6. The molecule has 0 heterocycles. The summed E-state index contributed by atoms with van der Waals surface area (Å²) in [5, 5.41) is 10.5. The second-order valence-corrected chi connectivity index (χ2v) is 3.41. The minimum Gasteiger partial charge on any atom is -0.550 e. The number of hydrogen-bond donors (Lipinski definition) is 0. The Labute approximate surface area is 72.8 Å². The Morgan fingerprint density at radius 3 is 2.08 bits per heavy atom. The molecule has 0 aromatic rings. The molecule has 0 saturated carbocycles. The predicted octanol–water partition coefficient (Wildman–Crippen LogP) is 0.378. The maximum Gasteiger partial charge on any atom is 0.129 e. The first-order valence-electron chi connectivity index (χ1n) is 4.15. The molecule has 0 fully saturated rings. The normalized spacial score (nSPS) is 13.0. The number of hydrogen-bond acceptors (Lipinski definition) is 3. The summed E-state index contributed by atoms with van der Waals surface area (Å²) in [4.78, 5) is 21.1. The molecule has 0 aliphatic carbocycles. The smallest absolute Gasteiger partial charge is 0.129 e. The van der Waals surface area contributed by atoms with Crippen LogP contribution < -0.4 is 5.11 Å². The van der Waals surface area contributed by atoms with Crippen molar-refractivity contribution in [1.82, 2.24) is 0 Å². The number of rotatable bonds is 5. The highest BCUT2D eigenvalue weighted by molar-refractivity contribution is 5.76. The van der Waals surface area contributed by atoms with Gasteiger partial charge in [-0.1, -0.05) is 13.8 Å². The molecule has 0 unspecified atom stereocenters. The summed E-state index contributed by atoms with van der Waals surface area (Å²) in [5.74, 6) is -1.48. The third kappa shape index (κ3) is 4.11. The fourth-order valence-electron chi connectivity index (χ4n) is 1.08. The molecule has 12 heavy (non-hydrogen) atoms. The number of Topliss-reactive ketones (excluding diaryl/α,β-unsaturated/α-hetero) is 1. The monoisotopic (exact) mass is 171 g/mol. The highest BCUT2D eigenvalue weighted by Gasteiger charge is 2.14. The number of carboxylic acids is 1. The van der Waals surface area contributed by atoms with Crippen LogP contribution >= 0.6 is 0 Å². The van der Waals surface area contributed by atoms with E-state index in [1.165, 1.54) is 6.92 Å². The molecule has 0 radical (unpaired) electrons. The topological polar surface area (TPSA) is 57.2 Å². The first-order valence-corrected chi connectivity index (χ1v) is 4.15. The van der Waals surface area contributed by atoms with Crippen LogP contribution in [0.4, 0.5) is 0 Å². The predicted molar refractivity (Wildman–Crippen MR) is 43.3 cm³/mol. The molecule has 0 amide bonds. The van der Waals surface area contributed by atoms with Crippen molar-refractivity contribution < 1.29 is 14.7 Å². The molecule has 0 spiro atoms. The molecule has 0 saturated heterocycles. The number of carboxylic acid groups (broad SMARTS) is 1. The van der Waals surface area contributed by atoms with Crippen LogP contribution in [0.5, 0.6) is 0 Å². The number of ketones is 1. The fraction of sp³-hybridized carbons (Fsp3) is 0.778. The summed E-state index contributed by atoms with van der Waals surface area (Å²) < 4.78 is 0. The van der Waals surface area contributed by atoms with Crippen molar-refractivity contribution in [3.8, 4) is 0 Å². The van der Waals surface area contributed by atoms with E-state index in [2.05, 4.69) is 0 Å². The van der Waals surface area contributed by atoms with Crippen LogP contribution in [0.15, 0.2) is 0 Å². The number of aliphatic carboxylic acids is 1. The lowest BCUT2D eigenvalue weighted by atomic mass is 9.91. The molecule has 0 aliphatic heterocycles. The van der Waals surface area contributed by atoms with E-state index in [1.54, 1.807) is 0 Å². The van der Waals surface area contributed by atoms with Gasteiger partial charge in [-0.15, -0.1) is 0 Å². The van der Waals surface area contributed by atoms with E-state index in [1.807, 2.05) is 13.8 Å². The zero-order valence-electron chi connectivity index (χ0n) is 7.79. The van der Waals surface area contributed by atoms with Crippen LogP contribution in [0.2, 0.25) is 0 Å². The van der Waals surface area contributed by atoms with Gasteiger partial charge in [0.15, 0.2) is 0 Å². The lowest BCUT2D eigenvalue weighted by Crippen LogP contribution is -2.34. The minimum atomic E-state index is -1.05. The van der Waals surface area contributed by atoms with E-state index >= 15 is 0 Å². The molecular weight excluding hydrogens is 156 g/mol. The van der Waals surface area contributed by atoms with E-state index < -0.39 is 11.9 Å². The third-order valence-electron chi connectivity index (χ3n) is 1.91. The second-order valence-electron chi connectivity index (χ2n) is 3.41.